The van der Waals surface area contributed by atoms with Gasteiger partial charge in [0.1, 0.15) is 0 Å². The van der Waals surface area contributed by atoms with E-state index in [-0.39, 0.29) is 6.10 Å². The van der Waals surface area contributed by atoms with Crippen LogP contribution in [0.3, 0.4) is 0 Å². The predicted molar refractivity (Wildman–Crippen MR) is 40.6 cm³/mol. The van der Waals surface area contributed by atoms with Gasteiger partial charge in [-0.25, -0.2) is 0 Å². The maximum absolute atomic E-state index is 9.22. The van der Waals surface area contributed by atoms with Crippen molar-refractivity contribution in [3.63, 3.8) is 0 Å². The maximum Gasteiger partial charge on any atom is 0.318 e. The Hall–Kier alpha value is -1.10. The average molecular weight is 168 g/mol. The number of hydrogen-bond acceptors (Lipinski definition) is 5. The first-order valence-corrected chi connectivity index (χ1v) is 3.99. The average Bonchev–Trinajstić information content (AvgIpc) is 2.58. The fourth-order valence-electron chi connectivity index (χ4n) is 1.33. The molecule has 2 heterocycles. The lowest BCUT2D eigenvalue weighted by Gasteiger charge is -2.27. The van der Waals surface area contributed by atoms with Gasteiger partial charge in [0.2, 0.25) is 0 Å². The van der Waals surface area contributed by atoms with Gasteiger partial charge in [0, 0.05) is 13.1 Å². The van der Waals surface area contributed by atoms with E-state index >= 15 is 0 Å². The highest BCUT2D eigenvalue weighted by molar-refractivity contribution is 5.23. The number of hydrogen-bond donors (Lipinski definition) is 1. The Bertz CT molecular complexity index is 229. The monoisotopic (exact) mass is 168 g/mol. The third kappa shape index (κ3) is 1.40. The van der Waals surface area contributed by atoms with Crippen LogP contribution < -0.4 is 4.90 Å². The lowest BCUT2D eigenvalue weighted by molar-refractivity contribution is 0.144. The van der Waals surface area contributed by atoms with Gasteiger partial charge in [-0.3, -0.25) is 0 Å². The molecule has 1 saturated heterocycles. The zero-order valence-electron chi connectivity index (χ0n) is 6.60. The molecule has 0 atom stereocenters. The van der Waals surface area contributed by atoms with Crippen molar-refractivity contribution in [3.8, 4) is 0 Å². The zero-order valence-corrected chi connectivity index (χ0v) is 6.60. The summed E-state index contributed by atoms with van der Waals surface area (Å²) in [4.78, 5) is 1.95. The number of rotatable bonds is 1. The summed E-state index contributed by atoms with van der Waals surface area (Å²) in [5.74, 6) is 0. The van der Waals surface area contributed by atoms with E-state index in [1.165, 1.54) is 0 Å². The minimum Gasteiger partial charge on any atom is -0.399 e. The lowest BCUT2D eigenvalue weighted by atomic mass is 10.1. The van der Waals surface area contributed by atoms with Crippen molar-refractivity contribution in [3.05, 3.63) is 6.39 Å². The van der Waals surface area contributed by atoms with Crippen molar-refractivity contribution in [2.45, 2.75) is 18.9 Å². The van der Waals surface area contributed by atoms with Crippen LogP contribution in [0.1, 0.15) is 12.8 Å². The van der Waals surface area contributed by atoms with Crippen molar-refractivity contribution >= 4 is 6.01 Å². The van der Waals surface area contributed by atoms with Crippen LogP contribution in [0.2, 0.25) is 0 Å². The number of piperidine rings is 1. The molecule has 12 heavy (non-hydrogen) atoms. The van der Waals surface area contributed by atoms with Gasteiger partial charge in [-0.15, -0.1) is 5.10 Å². The minimum absolute atomic E-state index is 0.173. The molecule has 1 aliphatic rings. The normalized spacial score (nSPS) is 19.9. The highest BCUT2D eigenvalue weighted by Crippen LogP contribution is 2.16. The van der Waals surface area contributed by atoms with Crippen LogP contribution in [-0.2, 0) is 0 Å². The Morgan fingerprint density at radius 3 is 2.83 bits per heavy atom. The van der Waals surface area contributed by atoms with Crippen molar-refractivity contribution < 1.29 is 9.52 Å². The SMILES string of the molecule is OC1CCN(c2nn[c]o2)CC1. The van der Waals surface area contributed by atoms with Gasteiger partial charge in [0.05, 0.1) is 6.10 Å². The molecule has 1 aliphatic heterocycles. The standard InChI is InChI=1S/C7H10N3O2/c11-6-1-3-10(4-2-6)7-9-8-5-12-7/h6,11H,1-4H2. The summed E-state index contributed by atoms with van der Waals surface area (Å²) in [5.41, 5.74) is 0. The third-order valence-electron chi connectivity index (χ3n) is 2.05. The summed E-state index contributed by atoms with van der Waals surface area (Å²) >= 11 is 0. The Labute approximate surface area is 70.0 Å². The van der Waals surface area contributed by atoms with Gasteiger partial charge >= 0.3 is 12.4 Å². The molecule has 0 unspecified atom stereocenters. The van der Waals surface area contributed by atoms with Crippen molar-refractivity contribution in [1.82, 2.24) is 10.2 Å². The van der Waals surface area contributed by atoms with E-state index in [4.69, 9.17) is 4.42 Å². The van der Waals surface area contributed by atoms with Gasteiger partial charge in [-0.05, 0) is 12.8 Å². The van der Waals surface area contributed by atoms with Crippen LogP contribution >= 0.6 is 0 Å². The molecule has 1 aromatic heterocycles. The number of aliphatic hydroxyl groups is 1. The Morgan fingerprint density at radius 1 is 1.50 bits per heavy atom. The number of aromatic nitrogens is 2. The molecule has 0 aliphatic carbocycles. The zero-order chi connectivity index (χ0) is 8.39. The van der Waals surface area contributed by atoms with Crippen molar-refractivity contribution in [2.24, 2.45) is 0 Å². The maximum atomic E-state index is 9.22. The van der Waals surface area contributed by atoms with Gasteiger partial charge in [0.25, 0.3) is 0 Å². The molecule has 0 spiro atoms. The van der Waals surface area contributed by atoms with Gasteiger partial charge in [-0.2, -0.15) is 0 Å². The molecule has 65 valence electrons. The molecule has 1 radical (unpaired) electrons. The summed E-state index contributed by atoms with van der Waals surface area (Å²) < 4.78 is 4.91. The Morgan fingerprint density at radius 2 is 2.25 bits per heavy atom. The highest BCUT2D eigenvalue weighted by atomic mass is 16.4. The summed E-state index contributed by atoms with van der Waals surface area (Å²) in [5, 5.41) is 16.4. The Balaban J connectivity index is 1.99. The molecule has 0 saturated carbocycles. The van der Waals surface area contributed by atoms with E-state index in [0.29, 0.717) is 6.01 Å². The van der Waals surface area contributed by atoms with Crippen molar-refractivity contribution in [2.75, 3.05) is 18.0 Å². The molecule has 5 nitrogen and oxygen atoms in total. The quantitative estimate of drug-likeness (QED) is 0.630. The topological polar surface area (TPSA) is 62.4 Å². The van der Waals surface area contributed by atoms with Crippen LogP contribution in [0.5, 0.6) is 0 Å². The lowest BCUT2D eigenvalue weighted by Crippen LogP contribution is -2.35. The predicted octanol–water partition coefficient (Wildman–Crippen LogP) is -0.169. The molecule has 0 amide bonds. The molecular formula is C7H10N3O2. The molecule has 2 rings (SSSR count). The van der Waals surface area contributed by atoms with E-state index in [0.717, 1.165) is 25.9 Å². The first-order valence-electron chi connectivity index (χ1n) is 3.99. The number of nitrogens with zero attached hydrogens (tertiary/aromatic N) is 3. The molecule has 0 aromatic carbocycles. The van der Waals surface area contributed by atoms with Crippen LogP contribution in [0.15, 0.2) is 4.42 Å². The second kappa shape index (κ2) is 3.10. The molecular weight excluding hydrogens is 158 g/mol. The smallest absolute Gasteiger partial charge is 0.318 e. The van der Waals surface area contributed by atoms with E-state index in [9.17, 15) is 5.11 Å². The second-order valence-corrected chi connectivity index (χ2v) is 2.89. The molecule has 5 heteroatoms. The van der Waals surface area contributed by atoms with Crippen LogP contribution in [-0.4, -0.2) is 34.5 Å². The van der Waals surface area contributed by atoms with Crippen LogP contribution in [0.4, 0.5) is 6.01 Å². The summed E-state index contributed by atoms with van der Waals surface area (Å²) in [7, 11) is 0. The fourth-order valence-corrected chi connectivity index (χ4v) is 1.33. The molecule has 1 aromatic rings. The summed E-state index contributed by atoms with van der Waals surface area (Å²) in [6, 6.07) is 0.502. The van der Waals surface area contributed by atoms with Crippen molar-refractivity contribution in [1.29, 1.82) is 0 Å². The summed E-state index contributed by atoms with van der Waals surface area (Å²) in [6.45, 7) is 1.55. The first kappa shape index (κ1) is 7.54. The minimum atomic E-state index is -0.173. The van der Waals surface area contributed by atoms with Crippen LogP contribution in [0, 0.1) is 6.39 Å². The largest absolute Gasteiger partial charge is 0.399 e. The Kier molecular flexibility index (Phi) is 1.95. The summed E-state index contributed by atoms with van der Waals surface area (Å²) in [6.07, 6.45) is 3.66. The van der Waals surface area contributed by atoms with Gasteiger partial charge < -0.3 is 14.4 Å². The molecule has 0 bridgehead atoms. The fraction of sp³-hybridized carbons (Fsp3) is 0.714. The number of aliphatic hydroxyl groups excluding tert-OH is 1. The second-order valence-electron chi connectivity index (χ2n) is 2.89. The van der Waals surface area contributed by atoms with Gasteiger partial charge in [0.15, 0.2) is 0 Å². The highest BCUT2D eigenvalue weighted by Gasteiger charge is 2.19. The molecule has 1 fully saturated rings. The third-order valence-corrected chi connectivity index (χ3v) is 2.05. The van der Waals surface area contributed by atoms with E-state index < -0.39 is 0 Å². The van der Waals surface area contributed by atoms with Crippen LogP contribution in [0.25, 0.3) is 0 Å². The van der Waals surface area contributed by atoms with E-state index in [2.05, 4.69) is 16.6 Å². The van der Waals surface area contributed by atoms with Gasteiger partial charge in [-0.1, -0.05) is 5.10 Å². The first-order chi connectivity index (χ1) is 5.86. The van der Waals surface area contributed by atoms with E-state index in [1.54, 1.807) is 0 Å². The van der Waals surface area contributed by atoms with E-state index in [1.807, 2.05) is 4.90 Å². The molecule has 1 N–H and O–H groups in total. The number of anilines is 1.